The lowest BCUT2D eigenvalue weighted by Crippen LogP contribution is -2.45. The van der Waals surface area contributed by atoms with Gasteiger partial charge in [0, 0.05) is 6.42 Å². The van der Waals surface area contributed by atoms with Gasteiger partial charge in [-0.2, -0.15) is 0 Å². The summed E-state index contributed by atoms with van der Waals surface area (Å²) in [7, 11) is 1.24. The summed E-state index contributed by atoms with van der Waals surface area (Å²) in [6, 6.07) is -0.907. The zero-order valence-corrected chi connectivity index (χ0v) is 43.9. The Hall–Kier alpha value is -1.28. The summed E-state index contributed by atoms with van der Waals surface area (Å²) in [4.78, 5) is 25.4. The molecule has 0 aliphatic heterocycles. The maximum absolute atomic E-state index is 12.9. The number of nitrogens with zero attached hydrogens (tertiary/aromatic N) is 1. The topological polar surface area (TPSA) is 108 Å². The molecule has 0 saturated heterocycles. The van der Waals surface area contributed by atoms with Gasteiger partial charge < -0.3 is 28.8 Å². The van der Waals surface area contributed by atoms with Crippen LogP contribution in [0, 0.1) is 0 Å². The fraction of sp³-hybridized carbons (Fsp3) is 0.873. The second kappa shape index (κ2) is 46.8. The van der Waals surface area contributed by atoms with Crippen LogP contribution in [-0.4, -0.2) is 68.5 Å². The number of rotatable bonds is 50. The molecule has 1 amide bonds. The van der Waals surface area contributed by atoms with Gasteiger partial charge in [0.05, 0.1) is 39.9 Å². The third kappa shape index (κ3) is 48.6. The maximum atomic E-state index is 12.9. The summed E-state index contributed by atoms with van der Waals surface area (Å²) in [6.07, 6.45) is 59.3. The van der Waals surface area contributed by atoms with E-state index in [4.69, 9.17) is 9.05 Å². The SMILES string of the molecule is CCCCCCCCC/C=C/CC/C=C/CC/C=C/C(O)C(COP(=O)([O-])OCC[N+](C)(C)C)NC(=O)CCCCCCCCCCCCCCCCCCCCCCCCCCC. The van der Waals surface area contributed by atoms with Gasteiger partial charge in [-0.05, 0) is 44.9 Å². The van der Waals surface area contributed by atoms with Gasteiger partial charge in [0.2, 0.25) is 5.91 Å². The highest BCUT2D eigenvalue weighted by Gasteiger charge is 2.23. The third-order valence-electron chi connectivity index (χ3n) is 12.3. The molecule has 9 heteroatoms. The van der Waals surface area contributed by atoms with Crippen molar-refractivity contribution in [2.24, 2.45) is 0 Å². The molecular weight excluding hydrogens is 816 g/mol. The lowest BCUT2D eigenvalue weighted by Gasteiger charge is -2.29. The second-order valence-electron chi connectivity index (χ2n) is 19.9. The smallest absolute Gasteiger partial charge is 0.268 e. The van der Waals surface area contributed by atoms with Crippen molar-refractivity contribution in [1.29, 1.82) is 0 Å². The van der Waals surface area contributed by atoms with Crippen molar-refractivity contribution in [2.75, 3.05) is 40.9 Å². The predicted molar refractivity (Wildman–Crippen MR) is 275 cm³/mol. The van der Waals surface area contributed by atoms with Crippen LogP contribution in [0.4, 0.5) is 0 Å². The van der Waals surface area contributed by atoms with Gasteiger partial charge in [-0.3, -0.25) is 9.36 Å². The van der Waals surface area contributed by atoms with Crippen LogP contribution in [0.2, 0.25) is 0 Å². The van der Waals surface area contributed by atoms with E-state index in [0.29, 0.717) is 17.4 Å². The third-order valence-corrected chi connectivity index (χ3v) is 13.3. The molecule has 3 unspecified atom stereocenters. The van der Waals surface area contributed by atoms with E-state index in [0.717, 1.165) is 44.9 Å². The molecule has 0 aromatic rings. The fourth-order valence-corrected chi connectivity index (χ4v) is 8.73. The number of aliphatic hydroxyl groups is 1. The van der Waals surface area contributed by atoms with Crippen molar-refractivity contribution >= 4 is 13.7 Å². The number of allylic oxidation sites excluding steroid dienone is 5. The number of likely N-dealkylation sites (N-methyl/N-ethyl adjacent to an activating group) is 1. The van der Waals surface area contributed by atoms with Crippen LogP contribution in [0.1, 0.15) is 258 Å². The van der Waals surface area contributed by atoms with Crippen molar-refractivity contribution in [1.82, 2.24) is 5.32 Å². The second-order valence-corrected chi connectivity index (χ2v) is 21.3. The van der Waals surface area contributed by atoms with Crippen LogP contribution < -0.4 is 10.2 Å². The maximum Gasteiger partial charge on any atom is 0.268 e. The molecule has 0 bridgehead atoms. The summed E-state index contributed by atoms with van der Waals surface area (Å²) >= 11 is 0. The van der Waals surface area contributed by atoms with E-state index in [1.54, 1.807) is 6.08 Å². The molecule has 0 aliphatic carbocycles. The van der Waals surface area contributed by atoms with Gasteiger partial charge in [-0.25, -0.2) is 0 Å². The Morgan fingerprint density at radius 3 is 1.27 bits per heavy atom. The van der Waals surface area contributed by atoms with Crippen LogP contribution >= 0.6 is 7.82 Å². The van der Waals surface area contributed by atoms with Gasteiger partial charge in [-0.1, -0.05) is 243 Å². The van der Waals surface area contributed by atoms with Gasteiger partial charge in [0.15, 0.2) is 0 Å². The minimum absolute atomic E-state index is 0.00753. The molecule has 0 saturated carbocycles. The number of quaternary nitrogens is 1. The van der Waals surface area contributed by atoms with E-state index in [-0.39, 0.29) is 12.5 Å². The Kier molecular flexibility index (Phi) is 45.9. The molecule has 2 N–H and O–H groups in total. The molecule has 3 atom stereocenters. The number of amides is 1. The average molecular weight is 923 g/mol. The molecule has 0 aromatic heterocycles. The molecule has 0 aromatic carbocycles. The van der Waals surface area contributed by atoms with Crippen molar-refractivity contribution < 1.29 is 32.9 Å². The fourth-order valence-electron chi connectivity index (χ4n) is 8.01. The minimum Gasteiger partial charge on any atom is -0.756 e. The number of hydrogen-bond acceptors (Lipinski definition) is 6. The van der Waals surface area contributed by atoms with Gasteiger partial charge in [0.1, 0.15) is 13.2 Å². The highest BCUT2D eigenvalue weighted by molar-refractivity contribution is 7.45. The molecular formula is C55H107N2O6P. The summed E-state index contributed by atoms with van der Waals surface area (Å²) < 4.78 is 23.3. The van der Waals surface area contributed by atoms with Gasteiger partial charge in [0.25, 0.3) is 7.82 Å². The number of aliphatic hydroxyl groups excluding tert-OH is 1. The van der Waals surface area contributed by atoms with Crippen molar-refractivity contribution in [3.8, 4) is 0 Å². The van der Waals surface area contributed by atoms with E-state index in [2.05, 4.69) is 43.5 Å². The quantitative estimate of drug-likeness (QED) is 0.0272. The molecule has 0 aliphatic rings. The van der Waals surface area contributed by atoms with E-state index in [9.17, 15) is 19.4 Å². The van der Waals surface area contributed by atoms with Crippen LogP contribution in [0.3, 0.4) is 0 Å². The molecule has 8 nitrogen and oxygen atoms in total. The first-order chi connectivity index (χ1) is 31.0. The van der Waals surface area contributed by atoms with Crippen LogP contribution in [0.5, 0.6) is 0 Å². The number of carbonyl (C=O) groups is 1. The monoisotopic (exact) mass is 923 g/mol. The summed E-state index contributed by atoms with van der Waals surface area (Å²) in [6.45, 7) is 4.64. The van der Waals surface area contributed by atoms with Crippen molar-refractivity contribution in [2.45, 2.75) is 270 Å². The summed E-state index contributed by atoms with van der Waals surface area (Å²) in [5, 5.41) is 13.8. The summed E-state index contributed by atoms with van der Waals surface area (Å²) in [5.41, 5.74) is 0. The van der Waals surface area contributed by atoms with Gasteiger partial charge in [-0.15, -0.1) is 0 Å². The molecule has 0 radical (unpaired) electrons. The normalized spacial score (nSPS) is 14.3. The largest absolute Gasteiger partial charge is 0.756 e. The molecule has 0 heterocycles. The average Bonchev–Trinajstić information content (AvgIpc) is 3.25. The lowest BCUT2D eigenvalue weighted by molar-refractivity contribution is -0.870. The first kappa shape index (κ1) is 62.7. The zero-order valence-electron chi connectivity index (χ0n) is 43.0. The Morgan fingerprint density at radius 1 is 0.531 bits per heavy atom. The number of unbranched alkanes of at least 4 members (excludes halogenated alkanes) is 33. The van der Waals surface area contributed by atoms with E-state index in [1.807, 2.05) is 27.2 Å². The standard InChI is InChI=1S/C55H107N2O6P/c1-6-8-10-12-14-16-18-20-22-24-25-26-27-28-29-30-31-33-35-37-39-41-43-45-47-49-55(59)56-53(52-63-64(60,61)62-51-50-57(3,4)5)54(58)48-46-44-42-40-38-36-34-32-23-21-19-17-15-13-11-9-7-2/h23,32,38,40,46,48,53-54,58H,6-22,24-31,33-37,39,41-45,47,49-52H2,1-5H3,(H-,56,59,60,61)/b32-23+,40-38+,48-46+. The van der Waals surface area contributed by atoms with Crippen molar-refractivity contribution in [3.63, 3.8) is 0 Å². The first-order valence-electron chi connectivity index (χ1n) is 27.4. The highest BCUT2D eigenvalue weighted by atomic mass is 31.2. The Morgan fingerprint density at radius 2 is 0.875 bits per heavy atom. The Bertz CT molecular complexity index is 1140. The van der Waals surface area contributed by atoms with Crippen molar-refractivity contribution in [3.05, 3.63) is 36.5 Å². The predicted octanol–water partition coefficient (Wildman–Crippen LogP) is 15.6. The number of hydrogen-bond donors (Lipinski definition) is 2. The van der Waals surface area contributed by atoms with Gasteiger partial charge >= 0.3 is 0 Å². The number of phosphoric ester groups is 1. The molecule has 0 rings (SSSR count). The van der Waals surface area contributed by atoms with E-state index in [1.165, 1.54) is 193 Å². The molecule has 64 heavy (non-hydrogen) atoms. The number of carbonyl (C=O) groups excluding carboxylic acids is 1. The zero-order chi connectivity index (χ0) is 47.1. The van der Waals surface area contributed by atoms with Crippen LogP contribution in [0.15, 0.2) is 36.5 Å². The molecule has 0 fully saturated rings. The number of nitrogens with one attached hydrogen (secondary N) is 1. The molecule has 0 spiro atoms. The Balaban J connectivity index is 4.24. The highest BCUT2D eigenvalue weighted by Crippen LogP contribution is 2.38. The Labute approximate surface area is 397 Å². The summed E-state index contributed by atoms with van der Waals surface area (Å²) in [5.74, 6) is -0.207. The van der Waals surface area contributed by atoms with E-state index < -0.39 is 26.6 Å². The lowest BCUT2D eigenvalue weighted by atomic mass is 10.0. The van der Waals surface area contributed by atoms with Crippen LogP contribution in [-0.2, 0) is 18.4 Å². The van der Waals surface area contributed by atoms with Crippen LogP contribution in [0.25, 0.3) is 0 Å². The minimum atomic E-state index is -4.60. The molecule has 378 valence electrons. The number of phosphoric acid groups is 1. The first-order valence-corrected chi connectivity index (χ1v) is 28.8. The van der Waals surface area contributed by atoms with E-state index >= 15 is 0 Å².